The molecule has 1 aromatic heterocycles. The van der Waals surface area contributed by atoms with E-state index in [0.29, 0.717) is 12.4 Å². The highest BCUT2D eigenvalue weighted by atomic mass is 16.5. The molecule has 2 N–H and O–H groups in total. The lowest BCUT2D eigenvalue weighted by Crippen LogP contribution is -2.31. The number of ether oxygens (including phenoxy) is 1. The maximum Gasteiger partial charge on any atom is 0.202 e. The summed E-state index contributed by atoms with van der Waals surface area (Å²) in [6.07, 6.45) is 0.888. The van der Waals surface area contributed by atoms with E-state index in [-0.39, 0.29) is 5.41 Å². The minimum absolute atomic E-state index is 0.218. The largest absolute Gasteiger partial charge is 0.494 e. The van der Waals surface area contributed by atoms with E-state index in [1.165, 1.54) is 0 Å². The van der Waals surface area contributed by atoms with Crippen molar-refractivity contribution in [1.82, 2.24) is 4.98 Å². The third-order valence-corrected chi connectivity index (χ3v) is 3.35. The highest BCUT2D eigenvalue weighted by Crippen LogP contribution is 2.32. The average Bonchev–Trinajstić information content (AvgIpc) is 2.81. The molecule has 0 amide bonds. The van der Waals surface area contributed by atoms with Gasteiger partial charge in [0, 0.05) is 6.54 Å². The van der Waals surface area contributed by atoms with Crippen molar-refractivity contribution in [2.75, 3.05) is 13.7 Å². The van der Waals surface area contributed by atoms with Crippen molar-refractivity contribution in [3.8, 4) is 5.75 Å². The molecular formula is C13H18N2O2. The van der Waals surface area contributed by atoms with Crippen molar-refractivity contribution in [3.05, 3.63) is 24.1 Å². The van der Waals surface area contributed by atoms with E-state index in [2.05, 4.69) is 18.8 Å². The number of hydrogen-bond acceptors (Lipinski definition) is 4. The minimum Gasteiger partial charge on any atom is -0.494 e. The first kappa shape index (κ1) is 11.9. The first-order valence-corrected chi connectivity index (χ1v) is 5.78. The van der Waals surface area contributed by atoms with Gasteiger partial charge in [0.05, 0.1) is 12.5 Å². The second kappa shape index (κ2) is 4.37. The SMILES string of the molecule is CCC(C)(CN)c1nc2c(OC)cccc2o1. The van der Waals surface area contributed by atoms with Crippen LogP contribution in [0.2, 0.25) is 0 Å². The van der Waals surface area contributed by atoms with Gasteiger partial charge in [0.2, 0.25) is 5.89 Å². The lowest BCUT2D eigenvalue weighted by atomic mass is 9.88. The molecule has 1 aromatic carbocycles. The normalized spacial score (nSPS) is 14.8. The summed E-state index contributed by atoms with van der Waals surface area (Å²) in [6, 6.07) is 5.66. The van der Waals surface area contributed by atoms with Crippen LogP contribution in [0.1, 0.15) is 26.2 Å². The van der Waals surface area contributed by atoms with Crippen LogP contribution in [-0.4, -0.2) is 18.6 Å². The molecule has 1 unspecified atom stereocenters. The molecule has 0 aliphatic heterocycles. The van der Waals surface area contributed by atoms with Crippen LogP contribution in [0, 0.1) is 0 Å². The second-order valence-corrected chi connectivity index (χ2v) is 4.44. The third-order valence-electron chi connectivity index (χ3n) is 3.35. The number of nitrogens with two attached hydrogens (primary N) is 1. The second-order valence-electron chi connectivity index (χ2n) is 4.44. The highest BCUT2D eigenvalue weighted by molar-refractivity contribution is 5.79. The third kappa shape index (κ3) is 1.89. The van der Waals surface area contributed by atoms with Crippen molar-refractivity contribution in [2.45, 2.75) is 25.7 Å². The number of hydrogen-bond donors (Lipinski definition) is 1. The maximum atomic E-state index is 5.81. The van der Waals surface area contributed by atoms with Crippen LogP contribution < -0.4 is 10.5 Å². The molecule has 4 nitrogen and oxygen atoms in total. The van der Waals surface area contributed by atoms with Crippen LogP contribution in [-0.2, 0) is 5.41 Å². The van der Waals surface area contributed by atoms with Gasteiger partial charge in [-0.2, -0.15) is 0 Å². The van der Waals surface area contributed by atoms with E-state index in [4.69, 9.17) is 14.9 Å². The van der Waals surface area contributed by atoms with Gasteiger partial charge in [0.1, 0.15) is 5.75 Å². The van der Waals surface area contributed by atoms with Crippen LogP contribution in [0.5, 0.6) is 5.75 Å². The van der Waals surface area contributed by atoms with Crippen LogP contribution >= 0.6 is 0 Å². The van der Waals surface area contributed by atoms with Crippen LogP contribution in [0.25, 0.3) is 11.1 Å². The van der Waals surface area contributed by atoms with Gasteiger partial charge in [-0.3, -0.25) is 0 Å². The summed E-state index contributed by atoms with van der Waals surface area (Å²) in [4.78, 5) is 4.53. The Hall–Kier alpha value is -1.55. The molecule has 1 heterocycles. The predicted molar refractivity (Wildman–Crippen MR) is 67.3 cm³/mol. The lowest BCUT2D eigenvalue weighted by Gasteiger charge is -2.21. The zero-order valence-corrected chi connectivity index (χ0v) is 10.5. The van der Waals surface area contributed by atoms with E-state index in [1.807, 2.05) is 18.2 Å². The van der Waals surface area contributed by atoms with Crippen LogP contribution in [0.15, 0.2) is 22.6 Å². The van der Waals surface area contributed by atoms with Crippen molar-refractivity contribution in [2.24, 2.45) is 5.73 Å². The van der Waals surface area contributed by atoms with Crippen molar-refractivity contribution in [3.63, 3.8) is 0 Å². The zero-order chi connectivity index (χ0) is 12.5. The number of oxazole rings is 1. The van der Waals surface area contributed by atoms with E-state index in [1.54, 1.807) is 7.11 Å². The van der Waals surface area contributed by atoms with Gasteiger partial charge in [-0.15, -0.1) is 0 Å². The summed E-state index contributed by atoms with van der Waals surface area (Å²) in [5.74, 6) is 1.41. The van der Waals surface area contributed by atoms with E-state index >= 15 is 0 Å². The topological polar surface area (TPSA) is 61.3 Å². The zero-order valence-electron chi connectivity index (χ0n) is 10.5. The fourth-order valence-corrected chi connectivity index (χ4v) is 1.73. The van der Waals surface area contributed by atoms with E-state index in [9.17, 15) is 0 Å². The fourth-order valence-electron chi connectivity index (χ4n) is 1.73. The molecule has 0 radical (unpaired) electrons. The molecule has 2 rings (SSSR count). The Bertz CT molecular complexity index is 515. The minimum atomic E-state index is -0.218. The molecule has 0 fully saturated rings. The number of aromatic nitrogens is 1. The Morgan fingerprint density at radius 3 is 2.82 bits per heavy atom. The predicted octanol–water partition coefficient (Wildman–Crippen LogP) is 2.46. The molecule has 17 heavy (non-hydrogen) atoms. The summed E-state index contributed by atoms with van der Waals surface area (Å²) in [6.45, 7) is 4.65. The Morgan fingerprint density at radius 2 is 2.24 bits per heavy atom. The Morgan fingerprint density at radius 1 is 1.47 bits per heavy atom. The maximum absolute atomic E-state index is 5.81. The Balaban J connectivity index is 2.58. The van der Waals surface area contributed by atoms with Crippen molar-refractivity contribution in [1.29, 1.82) is 0 Å². The number of methoxy groups -OCH3 is 1. The number of benzene rings is 1. The number of para-hydroxylation sites is 1. The quantitative estimate of drug-likeness (QED) is 0.882. The first-order chi connectivity index (χ1) is 8.14. The molecule has 1 atom stereocenters. The highest BCUT2D eigenvalue weighted by Gasteiger charge is 2.29. The monoisotopic (exact) mass is 234 g/mol. The molecule has 0 aliphatic rings. The van der Waals surface area contributed by atoms with Gasteiger partial charge in [-0.1, -0.05) is 13.0 Å². The Labute approximate surface area is 101 Å². The lowest BCUT2D eigenvalue weighted by molar-refractivity contribution is 0.353. The molecule has 0 saturated carbocycles. The molecule has 2 aromatic rings. The number of nitrogens with zero attached hydrogens (tertiary/aromatic N) is 1. The van der Waals surface area contributed by atoms with Crippen molar-refractivity contribution < 1.29 is 9.15 Å². The van der Waals surface area contributed by atoms with Gasteiger partial charge >= 0.3 is 0 Å². The molecule has 92 valence electrons. The number of fused-ring (bicyclic) bond motifs is 1. The molecular weight excluding hydrogens is 216 g/mol. The molecule has 4 heteroatoms. The Kier molecular flexibility index (Phi) is 3.07. The van der Waals surface area contributed by atoms with Crippen LogP contribution in [0.3, 0.4) is 0 Å². The van der Waals surface area contributed by atoms with Gasteiger partial charge < -0.3 is 14.9 Å². The summed E-state index contributed by atoms with van der Waals surface area (Å²) in [5.41, 5.74) is 7.10. The first-order valence-electron chi connectivity index (χ1n) is 5.78. The van der Waals surface area contributed by atoms with E-state index < -0.39 is 0 Å². The fraction of sp³-hybridized carbons (Fsp3) is 0.462. The van der Waals surface area contributed by atoms with Gasteiger partial charge in [-0.05, 0) is 25.5 Å². The van der Waals surface area contributed by atoms with Gasteiger partial charge in [0.15, 0.2) is 11.1 Å². The smallest absolute Gasteiger partial charge is 0.202 e. The van der Waals surface area contributed by atoms with Crippen molar-refractivity contribution >= 4 is 11.1 Å². The summed E-state index contributed by atoms with van der Waals surface area (Å²) < 4.78 is 11.1. The summed E-state index contributed by atoms with van der Waals surface area (Å²) in [5, 5.41) is 0. The molecule has 0 saturated heterocycles. The van der Waals surface area contributed by atoms with Crippen LogP contribution in [0.4, 0.5) is 0 Å². The summed E-state index contributed by atoms with van der Waals surface area (Å²) >= 11 is 0. The van der Waals surface area contributed by atoms with Gasteiger partial charge in [0.25, 0.3) is 0 Å². The molecule has 0 aliphatic carbocycles. The molecule has 0 bridgehead atoms. The summed E-state index contributed by atoms with van der Waals surface area (Å²) in [7, 11) is 1.63. The van der Waals surface area contributed by atoms with E-state index in [0.717, 1.165) is 23.3 Å². The average molecular weight is 234 g/mol. The standard InChI is InChI=1S/C13H18N2O2/c1-4-13(2,8-14)12-15-11-9(16-3)6-5-7-10(11)17-12/h5-7H,4,8,14H2,1-3H3. The number of rotatable bonds is 4. The van der Waals surface area contributed by atoms with Gasteiger partial charge in [-0.25, -0.2) is 4.98 Å². The molecule has 0 spiro atoms.